The molecule has 0 aliphatic carbocycles. The summed E-state index contributed by atoms with van der Waals surface area (Å²) in [7, 11) is 0. The number of rotatable bonds is 5. The molecule has 82 valence electrons. The lowest BCUT2D eigenvalue weighted by atomic mass is 10.2. The summed E-state index contributed by atoms with van der Waals surface area (Å²) in [6.45, 7) is 1.79. The van der Waals surface area contributed by atoms with Gasteiger partial charge in [0.2, 0.25) is 0 Å². The molecule has 1 aromatic rings. The second kappa shape index (κ2) is 6.42. The predicted octanol–water partition coefficient (Wildman–Crippen LogP) is 1.81. The van der Waals surface area contributed by atoms with Crippen molar-refractivity contribution in [3.05, 3.63) is 34.3 Å². The van der Waals surface area contributed by atoms with Gasteiger partial charge in [0.25, 0.3) is 0 Å². The number of carboxylic acid groups (broad SMARTS) is 1. The molecular weight excluding hydrogens is 260 g/mol. The fraction of sp³-hybridized carbons (Fsp3) is 0.300. The number of halogens is 1. The smallest absolute Gasteiger partial charge is 0.404 e. The zero-order chi connectivity index (χ0) is 11.1. The highest BCUT2D eigenvalue weighted by Crippen LogP contribution is 2.09. The van der Waals surface area contributed by atoms with E-state index in [0.29, 0.717) is 13.1 Å². The van der Waals surface area contributed by atoms with E-state index in [1.807, 2.05) is 24.3 Å². The molecule has 0 saturated carbocycles. The number of amides is 1. The van der Waals surface area contributed by atoms with Crippen molar-refractivity contribution in [1.29, 1.82) is 0 Å². The highest BCUT2D eigenvalue weighted by Gasteiger charge is 1.94. The van der Waals surface area contributed by atoms with Crippen LogP contribution in [-0.2, 0) is 6.54 Å². The number of hydrogen-bond donors (Lipinski definition) is 3. The Bertz CT molecular complexity index is 314. The van der Waals surface area contributed by atoms with Gasteiger partial charge in [-0.25, -0.2) is 4.79 Å². The van der Waals surface area contributed by atoms with Crippen LogP contribution >= 0.6 is 15.9 Å². The Morgan fingerprint density at radius 3 is 2.53 bits per heavy atom. The fourth-order valence-corrected chi connectivity index (χ4v) is 1.36. The van der Waals surface area contributed by atoms with Gasteiger partial charge in [0.1, 0.15) is 0 Å². The fourth-order valence-electron chi connectivity index (χ4n) is 1.09. The van der Waals surface area contributed by atoms with Crippen LogP contribution in [0, 0.1) is 0 Å². The van der Waals surface area contributed by atoms with E-state index in [1.54, 1.807) is 0 Å². The van der Waals surface area contributed by atoms with Crippen LogP contribution in [0.5, 0.6) is 0 Å². The molecule has 0 heterocycles. The second-order valence-electron chi connectivity index (χ2n) is 3.04. The van der Waals surface area contributed by atoms with E-state index in [1.165, 1.54) is 5.56 Å². The molecule has 0 bridgehead atoms. The average Bonchev–Trinajstić information content (AvgIpc) is 2.20. The molecule has 0 aliphatic rings. The van der Waals surface area contributed by atoms with Crippen LogP contribution in [0.2, 0.25) is 0 Å². The van der Waals surface area contributed by atoms with Crippen LogP contribution in [-0.4, -0.2) is 24.3 Å². The van der Waals surface area contributed by atoms with Crippen LogP contribution in [0.15, 0.2) is 28.7 Å². The molecule has 0 aliphatic heterocycles. The summed E-state index contributed by atoms with van der Waals surface area (Å²) >= 11 is 3.36. The maximum Gasteiger partial charge on any atom is 0.404 e. The van der Waals surface area contributed by atoms with Crippen molar-refractivity contribution < 1.29 is 9.90 Å². The van der Waals surface area contributed by atoms with E-state index in [0.717, 1.165) is 11.0 Å². The van der Waals surface area contributed by atoms with Crippen molar-refractivity contribution in [2.24, 2.45) is 0 Å². The molecule has 0 spiro atoms. The van der Waals surface area contributed by atoms with E-state index in [2.05, 4.69) is 26.6 Å². The van der Waals surface area contributed by atoms with Crippen LogP contribution < -0.4 is 10.6 Å². The summed E-state index contributed by atoms with van der Waals surface area (Å²) in [5.41, 5.74) is 1.17. The van der Waals surface area contributed by atoms with Gasteiger partial charge in [-0.05, 0) is 17.7 Å². The third-order valence-electron chi connectivity index (χ3n) is 1.82. The van der Waals surface area contributed by atoms with Gasteiger partial charge in [0.15, 0.2) is 0 Å². The third-order valence-corrected chi connectivity index (χ3v) is 2.35. The minimum absolute atomic E-state index is 0.422. The van der Waals surface area contributed by atoms with Gasteiger partial charge >= 0.3 is 6.09 Å². The molecule has 0 atom stereocenters. The summed E-state index contributed by atoms with van der Waals surface area (Å²) in [6.07, 6.45) is -0.986. The van der Waals surface area contributed by atoms with Gasteiger partial charge in [0, 0.05) is 24.1 Å². The molecule has 1 amide bonds. The molecule has 0 fully saturated rings. The van der Waals surface area contributed by atoms with E-state index in [4.69, 9.17) is 5.11 Å². The lowest BCUT2D eigenvalue weighted by Crippen LogP contribution is -2.30. The molecule has 3 N–H and O–H groups in total. The Balaban J connectivity index is 2.15. The first kappa shape index (κ1) is 12.0. The second-order valence-corrected chi connectivity index (χ2v) is 3.95. The highest BCUT2D eigenvalue weighted by molar-refractivity contribution is 9.10. The molecule has 5 heteroatoms. The lowest BCUT2D eigenvalue weighted by Gasteiger charge is -2.04. The van der Waals surface area contributed by atoms with Crippen LogP contribution in [0.25, 0.3) is 0 Å². The molecule has 0 saturated heterocycles. The van der Waals surface area contributed by atoms with E-state index >= 15 is 0 Å². The topological polar surface area (TPSA) is 61.4 Å². The van der Waals surface area contributed by atoms with Crippen molar-refractivity contribution in [2.75, 3.05) is 13.1 Å². The molecule has 1 rings (SSSR count). The first-order valence-corrected chi connectivity index (χ1v) is 5.40. The number of hydrogen-bond acceptors (Lipinski definition) is 2. The number of benzene rings is 1. The molecule has 0 aromatic heterocycles. The normalized spacial score (nSPS) is 9.93. The maximum atomic E-state index is 10.1. The van der Waals surface area contributed by atoms with E-state index in [-0.39, 0.29) is 0 Å². The highest BCUT2D eigenvalue weighted by atomic mass is 79.9. The molecule has 4 nitrogen and oxygen atoms in total. The summed E-state index contributed by atoms with van der Waals surface area (Å²) in [5.74, 6) is 0. The van der Waals surface area contributed by atoms with Gasteiger partial charge in [-0.3, -0.25) is 0 Å². The first-order valence-electron chi connectivity index (χ1n) is 4.60. The van der Waals surface area contributed by atoms with Crippen LogP contribution in [0.1, 0.15) is 5.56 Å². The summed E-state index contributed by atoms with van der Waals surface area (Å²) in [4.78, 5) is 10.1. The van der Waals surface area contributed by atoms with Crippen molar-refractivity contribution in [1.82, 2.24) is 10.6 Å². The predicted molar refractivity (Wildman–Crippen MR) is 61.9 cm³/mol. The maximum absolute atomic E-state index is 10.1. The molecule has 0 radical (unpaired) electrons. The average molecular weight is 273 g/mol. The Labute approximate surface area is 96.8 Å². The van der Waals surface area contributed by atoms with E-state index in [9.17, 15) is 4.79 Å². The first-order chi connectivity index (χ1) is 7.18. The number of carbonyl (C=O) groups is 1. The van der Waals surface area contributed by atoms with Gasteiger partial charge in [-0.1, -0.05) is 28.1 Å². The Morgan fingerprint density at radius 1 is 1.27 bits per heavy atom. The number of nitrogens with one attached hydrogen (secondary N) is 2. The van der Waals surface area contributed by atoms with Crippen molar-refractivity contribution in [3.8, 4) is 0 Å². The Hall–Kier alpha value is -1.07. The van der Waals surface area contributed by atoms with Crippen molar-refractivity contribution in [2.45, 2.75) is 6.54 Å². The summed E-state index contributed by atoms with van der Waals surface area (Å²) in [5, 5.41) is 13.7. The lowest BCUT2D eigenvalue weighted by molar-refractivity contribution is 0.194. The van der Waals surface area contributed by atoms with Gasteiger partial charge in [-0.2, -0.15) is 0 Å². The SMILES string of the molecule is O=C(O)NCCNCc1ccc(Br)cc1. The zero-order valence-corrected chi connectivity index (χ0v) is 9.75. The van der Waals surface area contributed by atoms with E-state index < -0.39 is 6.09 Å². The van der Waals surface area contributed by atoms with Gasteiger partial charge in [-0.15, -0.1) is 0 Å². The van der Waals surface area contributed by atoms with Crippen molar-refractivity contribution >= 4 is 22.0 Å². The minimum atomic E-state index is -0.986. The van der Waals surface area contributed by atoms with Crippen LogP contribution in [0.3, 0.4) is 0 Å². The van der Waals surface area contributed by atoms with Gasteiger partial charge < -0.3 is 15.7 Å². The zero-order valence-electron chi connectivity index (χ0n) is 8.16. The third kappa shape index (κ3) is 5.39. The monoisotopic (exact) mass is 272 g/mol. The summed E-state index contributed by atoms with van der Waals surface area (Å²) < 4.78 is 1.05. The molecule has 15 heavy (non-hydrogen) atoms. The Kier molecular flexibility index (Phi) is 5.14. The standard InChI is InChI=1S/C10H13BrN2O2/c11-9-3-1-8(2-4-9)7-12-5-6-13-10(14)15/h1-4,12-13H,5-7H2,(H,14,15). The largest absolute Gasteiger partial charge is 0.465 e. The van der Waals surface area contributed by atoms with Gasteiger partial charge in [0.05, 0.1) is 0 Å². The van der Waals surface area contributed by atoms with Crippen molar-refractivity contribution in [3.63, 3.8) is 0 Å². The van der Waals surface area contributed by atoms with Crippen LogP contribution in [0.4, 0.5) is 4.79 Å². The molecular formula is C10H13BrN2O2. The molecule has 1 aromatic carbocycles. The Morgan fingerprint density at radius 2 is 1.93 bits per heavy atom. The summed E-state index contributed by atoms with van der Waals surface area (Å²) in [6, 6.07) is 7.99. The quantitative estimate of drug-likeness (QED) is 0.717. The molecule has 0 unspecified atom stereocenters. The minimum Gasteiger partial charge on any atom is -0.465 e.